The SMILES string of the molecule is C#CCn1c(/C=C/c2ccccc2)nc2ccccc21. The molecule has 0 unspecified atom stereocenters. The molecule has 0 saturated heterocycles. The average Bonchev–Trinajstić information content (AvgIpc) is 2.85. The molecule has 0 saturated carbocycles. The number of rotatable bonds is 3. The lowest BCUT2D eigenvalue weighted by molar-refractivity contribution is 0.858. The number of hydrogen-bond donors (Lipinski definition) is 0. The zero-order valence-electron chi connectivity index (χ0n) is 11.0. The third-order valence-corrected chi connectivity index (χ3v) is 3.16. The monoisotopic (exact) mass is 258 g/mol. The molecule has 2 nitrogen and oxygen atoms in total. The second-order valence-electron chi connectivity index (χ2n) is 4.49. The average molecular weight is 258 g/mol. The molecule has 0 aliphatic heterocycles. The molecule has 1 heterocycles. The Morgan fingerprint density at radius 2 is 1.75 bits per heavy atom. The summed E-state index contributed by atoms with van der Waals surface area (Å²) in [5.74, 6) is 3.57. The van der Waals surface area contributed by atoms with Gasteiger partial charge in [-0.2, -0.15) is 0 Å². The highest BCUT2D eigenvalue weighted by atomic mass is 15.1. The topological polar surface area (TPSA) is 17.8 Å². The van der Waals surface area contributed by atoms with Gasteiger partial charge < -0.3 is 4.57 Å². The Balaban J connectivity index is 2.05. The van der Waals surface area contributed by atoms with E-state index >= 15 is 0 Å². The molecule has 0 N–H and O–H groups in total. The van der Waals surface area contributed by atoms with Gasteiger partial charge in [0.05, 0.1) is 17.6 Å². The van der Waals surface area contributed by atoms with Crippen molar-refractivity contribution in [2.24, 2.45) is 0 Å². The van der Waals surface area contributed by atoms with Crippen molar-refractivity contribution in [2.45, 2.75) is 6.54 Å². The van der Waals surface area contributed by atoms with E-state index in [0.717, 1.165) is 22.4 Å². The molecule has 2 aromatic carbocycles. The van der Waals surface area contributed by atoms with Crippen LogP contribution in [0.1, 0.15) is 11.4 Å². The predicted molar refractivity (Wildman–Crippen MR) is 83.9 cm³/mol. The van der Waals surface area contributed by atoms with E-state index in [1.165, 1.54) is 0 Å². The van der Waals surface area contributed by atoms with E-state index in [1.54, 1.807) is 0 Å². The molecule has 2 heteroatoms. The molecule has 1 aromatic heterocycles. The van der Waals surface area contributed by atoms with Crippen LogP contribution in [0.5, 0.6) is 0 Å². The van der Waals surface area contributed by atoms with Crippen LogP contribution < -0.4 is 0 Å². The number of nitrogens with zero attached hydrogens (tertiary/aromatic N) is 2. The van der Waals surface area contributed by atoms with E-state index in [0.29, 0.717) is 6.54 Å². The molecule has 0 radical (unpaired) electrons. The molecule has 0 aliphatic rings. The Morgan fingerprint density at radius 3 is 2.55 bits per heavy atom. The summed E-state index contributed by atoms with van der Waals surface area (Å²) in [6.45, 7) is 0.523. The second kappa shape index (κ2) is 5.46. The molecule has 96 valence electrons. The highest BCUT2D eigenvalue weighted by Crippen LogP contribution is 2.17. The summed E-state index contributed by atoms with van der Waals surface area (Å²) in [4.78, 5) is 4.63. The summed E-state index contributed by atoms with van der Waals surface area (Å²) in [5.41, 5.74) is 3.18. The minimum absolute atomic E-state index is 0.523. The number of fused-ring (bicyclic) bond motifs is 1. The fraction of sp³-hybridized carbons (Fsp3) is 0.0556. The van der Waals surface area contributed by atoms with Gasteiger partial charge >= 0.3 is 0 Å². The Morgan fingerprint density at radius 1 is 1.00 bits per heavy atom. The minimum atomic E-state index is 0.523. The van der Waals surface area contributed by atoms with Gasteiger partial charge in [0.1, 0.15) is 5.82 Å². The van der Waals surface area contributed by atoms with Crippen molar-refractivity contribution < 1.29 is 0 Å². The zero-order chi connectivity index (χ0) is 13.8. The van der Waals surface area contributed by atoms with Crippen molar-refractivity contribution in [3.05, 3.63) is 66.0 Å². The first-order valence-corrected chi connectivity index (χ1v) is 6.50. The number of imidazole rings is 1. The molecule has 0 amide bonds. The van der Waals surface area contributed by atoms with Gasteiger partial charge in [-0.3, -0.25) is 0 Å². The summed E-state index contributed by atoms with van der Waals surface area (Å²) in [5, 5.41) is 0. The van der Waals surface area contributed by atoms with E-state index in [4.69, 9.17) is 6.42 Å². The number of terminal acetylenes is 1. The Bertz CT molecular complexity index is 789. The van der Waals surface area contributed by atoms with Crippen molar-refractivity contribution in [1.82, 2.24) is 9.55 Å². The van der Waals surface area contributed by atoms with Crippen molar-refractivity contribution in [3.63, 3.8) is 0 Å². The number of benzene rings is 2. The maximum atomic E-state index is 5.46. The largest absolute Gasteiger partial charge is 0.313 e. The predicted octanol–water partition coefficient (Wildman–Crippen LogP) is 3.84. The summed E-state index contributed by atoms with van der Waals surface area (Å²) in [6, 6.07) is 18.2. The Kier molecular flexibility index (Phi) is 3.34. The number of hydrogen-bond acceptors (Lipinski definition) is 1. The molecule has 0 fully saturated rings. The van der Waals surface area contributed by atoms with E-state index in [2.05, 4.69) is 27.6 Å². The van der Waals surface area contributed by atoms with E-state index < -0.39 is 0 Å². The maximum Gasteiger partial charge on any atom is 0.134 e. The third-order valence-electron chi connectivity index (χ3n) is 3.16. The van der Waals surface area contributed by atoms with Crippen LogP contribution in [0.3, 0.4) is 0 Å². The summed E-state index contributed by atoms with van der Waals surface area (Å²) < 4.78 is 2.05. The van der Waals surface area contributed by atoms with Gasteiger partial charge in [0.15, 0.2) is 0 Å². The van der Waals surface area contributed by atoms with Crippen LogP contribution in [-0.4, -0.2) is 9.55 Å². The summed E-state index contributed by atoms with van der Waals surface area (Å²) >= 11 is 0. The van der Waals surface area contributed by atoms with E-state index in [1.807, 2.05) is 54.6 Å². The fourth-order valence-electron chi connectivity index (χ4n) is 2.21. The van der Waals surface area contributed by atoms with Crippen molar-refractivity contribution in [1.29, 1.82) is 0 Å². The van der Waals surface area contributed by atoms with E-state index in [9.17, 15) is 0 Å². The Hall–Kier alpha value is -2.79. The van der Waals surface area contributed by atoms with Gasteiger partial charge in [0.25, 0.3) is 0 Å². The molecule has 0 atom stereocenters. The quantitative estimate of drug-likeness (QED) is 0.653. The number of para-hydroxylation sites is 2. The van der Waals surface area contributed by atoms with Crippen LogP contribution in [-0.2, 0) is 6.54 Å². The number of aromatic nitrogens is 2. The zero-order valence-corrected chi connectivity index (χ0v) is 11.0. The van der Waals surface area contributed by atoms with Crippen molar-refractivity contribution in [2.75, 3.05) is 0 Å². The van der Waals surface area contributed by atoms with Gasteiger partial charge in [0, 0.05) is 0 Å². The van der Waals surface area contributed by atoms with Gasteiger partial charge in [-0.05, 0) is 23.8 Å². The molecule has 3 rings (SSSR count). The van der Waals surface area contributed by atoms with Crippen LogP contribution >= 0.6 is 0 Å². The lowest BCUT2D eigenvalue weighted by Gasteiger charge is -2.01. The van der Waals surface area contributed by atoms with Crippen LogP contribution in [0.15, 0.2) is 54.6 Å². The summed E-state index contributed by atoms with van der Waals surface area (Å²) in [6.07, 6.45) is 9.52. The minimum Gasteiger partial charge on any atom is -0.313 e. The first-order chi connectivity index (χ1) is 9.88. The lowest BCUT2D eigenvalue weighted by atomic mass is 10.2. The van der Waals surface area contributed by atoms with Crippen LogP contribution in [0, 0.1) is 12.3 Å². The molecule has 20 heavy (non-hydrogen) atoms. The summed E-state index contributed by atoms with van der Waals surface area (Å²) in [7, 11) is 0. The fourth-order valence-corrected chi connectivity index (χ4v) is 2.21. The third kappa shape index (κ3) is 2.34. The van der Waals surface area contributed by atoms with E-state index in [-0.39, 0.29) is 0 Å². The highest BCUT2D eigenvalue weighted by molar-refractivity contribution is 5.80. The maximum absolute atomic E-state index is 5.46. The van der Waals surface area contributed by atoms with Gasteiger partial charge in [-0.25, -0.2) is 4.98 Å². The molecular formula is C18H14N2. The standard InChI is InChI=1S/C18H14N2/c1-2-14-20-17-11-7-6-10-16(17)19-18(20)13-12-15-8-4-3-5-9-15/h1,3-13H,14H2/b13-12+. The first-order valence-electron chi connectivity index (χ1n) is 6.50. The molecule has 3 aromatic rings. The van der Waals surface area contributed by atoms with Crippen LogP contribution in [0.2, 0.25) is 0 Å². The second-order valence-corrected chi connectivity index (χ2v) is 4.49. The molecular weight excluding hydrogens is 244 g/mol. The normalized spacial score (nSPS) is 10.9. The van der Waals surface area contributed by atoms with Crippen molar-refractivity contribution >= 4 is 23.2 Å². The van der Waals surface area contributed by atoms with Crippen molar-refractivity contribution in [3.8, 4) is 12.3 Å². The highest BCUT2D eigenvalue weighted by Gasteiger charge is 2.06. The first kappa shape index (κ1) is 12.3. The Labute approximate surface area is 118 Å². The molecule has 0 spiro atoms. The molecule has 0 bridgehead atoms. The van der Waals surface area contributed by atoms with Gasteiger partial charge in [-0.1, -0.05) is 54.5 Å². The van der Waals surface area contributed by atoms with Gasteiger partial charge in [-0.15, -0.1) is 6.42 Å². The van der Waals surface area contributed by atoms with Crippen LogP contribution in [0.4, 0.5) is 0 Å². The lowest BCUT2D eigenvalue weighted by Crippen LogP contribution is -1.98. The van der Waals surface area contributed by atoms with Crippen LogP contribution in [0.25, 0.3) is 23.2 Å². The molecule has 0 aliphatic carbocycles. The smallest absolute Gasteiger partial charge is 0.134 e. The van der Waals surface area contributed by atoms with Gasteiger partial charge in [0.2, 0.25) is 0 Å².